The van der Waals surface area contributed by atoms with Crippen molar-refractivity contribution in [2.75, 3.05) is 31.1 Å². The number of benzene rings is 1. The first kappa shape index (κ1) is 17.8. The van der Waals surface area contributed by atoms with Crippen LogP contribution in [-0.2, 0) is 17.6 Å². The van der Waals surface area contributed by atoms with E-state index in [2.05, 4.69) is 21.2 Å². The molecule has 0 spiro atoms. The number of rotatable bonds is 4. The highest BCUT2D eigenvalue weighted by Crippen LogP contribution is 2.23. The van der Waals surface area contributed by atoms with E-state index in [0.29, 0.717) is 13.1 Å². The van der Waals surface area contributed by atoms with E-state index in [1.54, 1.807) is 0 Å². The normalized spacial score (nSPS) is 18.0. The average molecular weight is 366 g/mol. The van der Waals surface area contributed by atoms with E-state index in [-0.39, 0.29) is 5.91 Å². The molecular weight excluding hydrogens is 340 g/mol. The Morgan fingerprint density at radius 1 is 1.04 bits per heavy atom. The monoisotopic (exact) mass is 366 g/mol. The third kappa shape index (κ3) is 4.04. The first-order valence-electron chi connectivity index (χ1n) is 9.81. The number of hydrogen-bond donors (Lipinski definition) is 0. The molecule has 1 aromatic heterocycles. The molecule has 1 saturated heterocycles. The van der Waals surface area contributed by atoms with Gasteiger partial charge in [0.1, 0.15) is 5.75 Å². The molecule has 1 amide bonds. The zero-order chi connectivity index (χ0) is 18.6. The van der Waals surface area contributed by atoms with Gasteiger partial charge >= 0.3 is 0 Å². The van der Waals surface area contributed by atoms with E-state index in [1.165, 1.54) is 18.4 Å². The van der Waals surface area contributed by atoms with Crippen molar-refractivity contribution in [2.24, 2.45) is 0 Å². The summed E-state index contributed by atoms with van der Waals surface area (Å²) in [5, 5.41) is 8.86. The maximum Gasteiger partial charge on any atom is 0.263 e. The quantitative estimate of drug-likeness (QED) is 0.832. The van der Waals surface area contributed by atoms with Crippen LogP contribution in [0.1, 0.15) is 31.0 Å². The Morgan fingerprint density at radius 3 is 2.56 bits per heavy atom. The number of carbonyl (C=O) groups is 1. The van der Waals surface area contributed by atoms with E-state index in [0.717, 1.165) is 43.2 Å². The van der Waals surface area contributed by atoms with Gasteiger partial charge in [-0.05, 0) is 56.4 Å². The summed E-state index contributed by atoms with van der Waals surface area (Å²) >= 11 is 0. The van der Waals surface area contributed by atoms with Gasteiger partial charge in [-0.3, -0.25) is 4.79 Å². The van der Waals surface area contributed by atoms with Crippen LogP contribution >= 0.6 is 0 Å². The summed E-state index contributed by atoms with van der Waals surface area (Å²) in [7, 11) is 0. The second kappa shape index (κ2) is 7.94. The standard InChI is InChI=1S/C21H26N4O2/c1-16(27-18-8-3-2-4-9-18)21(26)25-13-11-24(12-14-25)20-15-17-7-5-6-10-19(17)22-23-20/h2-4,8-9,15-16H,5-7,10-14H2,1H3. The minimum Gasteiger partial charge on any atom is -0.481 e. The van der Waals surface area contributed by atoms with Crippen LogP contribution in [0.5, 0.6) is 5.75 Å². The van der Waals surface area contributed by atoms with Crippen molar-refractivity contribution in [2.45, 2.75) is 38.7 Å². The molecule has 142 valence electrons. The number of aryl methyl sites for hydroxylation is 2. The average Bonchev–Trinajstić information content (AvgIpc) is 2.73. The van der Waals surface area contributed by atoms with E-state index in [1.807, 2.05) is 42.2 Å². The van der Waals surface area contributed by atoms with Crippen LogP contribution in [0.4, 0.5) is 5.82 Å². The first-order chi connectivity index (χ1) is 13.2. The zero-order valence-electron chi connectivity index (χ0n) is 15.8. The number of hydrogen-bond acceptors (Lipinski definition) is 5. The predicted octanol–water partition coefficient (Wildman–Crippen LogP) is 2.47. The SMILES string of the molecule is CC(Oc1ccccc1)C(=O)N1CCN(c2cc3c(nn2)CCCC3)CC1. The van der Waals surface area contributed by atoms with Crippen LogP contribution in [0.25, 0.3) is 0 Å². The molecule has 0 bridgehead atoms. The molecule has 1 atom stereocenters. The lowest BCUT2D eigenvalue weighted by Crippen LogP contribution is -2.52. The smallest absolute Gasteiger partial charge is 0.263 e. The van der Waals surface area contributed by atoms with Gasteiger partial charge in [-0.2, -0.15) is 5.10 Å². The fourth-order valence-electron chi connectivity index (χ4n) is 3.80. The number of ether oxygens (including phenoxy) is 1. The Hall–Kier alpha value is -2.63. The fourth-order valence-corrected chi connectivity index (χ4v) is 3.80. The van der Waals surface area contributed by atoms with Crippen LogP contribution in [-0.4, -0.2) is 53.3 Å². The Bertz CT molecular complexity index is 788. The zero-order valence-corrected chi connectivity index (χ0v) is 15.8. The van der Waals surface area contributed by atoms with Crippen molar-refractivity contribution in [1.29, 1.82) is 0 Å². The number of anilines is 1. The van der Waals surface area contributed by atoms with Crippen LogP contribution in [0, 0.1) is 0 Å². The van der Waals surface area contributed by atoms with Gasteiger partial charge in [-0.1, -0.05) is 18.2 Å². The topological polar surface area (TPSA) is 58.6 Å². The molecule has 1 aliphatic carbocycles. The third-order valence-electron chi connectivity index (χ3n) is 5.38. The summed E-state index contributed by atoms with van der Waals surface area (Å²) in [5.74, 6) is 1.70. The summed E-state index contributed by atoms with van der Waals surface area (Å²) in [6, 6.07) is 11.7. The van der Waals surface area contributed by atoms with E-state index >= 15 is 0 Å². The van der Waals surface area contributed by atoms with Crippen molar-refractivity contribution < 1.29 is 9.53 Å². The van der Waals surface area contributed by atoms with Crippen LogP contribution in [0.3, 0.4) is 0 Å². The summed E-state index contributed by atoms with van der Waals surface area (Å²) in [6.07, 6.45) is 4.11. The molecule has 4 rings (SSSR count). The number of carbonyl (C=O) groups excluding carboxylic acids is 1. The van der Waals surface area contributed by atoms with E-state index in [9.17, 15) is 4.79 Å². The van der Waals surface area contributed by atoms with Crippen molar-refractivity contribution in [1.82, 2.24) is 15.1 Å². The molecule has 6 heteroatoms. The second-order valence-corrected chi connectivity index (χ2v) is 7.27. The Morgan fingerprint density at radius 2 is 1.78 bits per heavy atom. The molecule has 0 saturated carbocycles. The minimum absolute atomic E-state index is 0.0371. The van der Waals surface area contributed by atoms with Crippen LogP contribution in [0.15, 0.2) is 36.4 Å². The number of piperazine rings is 1. The van der Waals surface area contributed by atoms with Gasteiger partial charge in [0, 0.05) is 26.2 Å². The highest BCUT2D eigenvalue weighted by Gasteiger charge is 2.27. The molecular formula is C21H26N4O2. The Balaban J connectivity index is 1.34. The number of nitrogens with zero attached hydrogens (tertiary/aromatic N) is 4. The summed E-state index contributed by atoms with van der Waals surface area (Å²) in [5.41, 5.74) is 2.50. The maximum absolute atomic E-state index is 12.7. The molecule has 6 nitrogen and oxygen atoms in total. The summed E-state index contributed by atoms with van der Waals surface area (Å²) in [4.78, 5) is 16.8. The lowest BCUT2D eigenvalue weighted by molar-refractivity contribution is -0.138. The molecule has 2 heterocycles. The molecule has 2 aliphatic rings. The van der Waals surface area contributed by atoms with E-state index in [4.69, 9.17) is 4.74 Å². The minimum atomic E-state index is -0.484. The highest BCUT2D eigenvalue weighted by molar-refractivity contribution is 5.81. The van der Waals surface area contributed by atoms with Gasteiger partial charge in [0.05, 0.1) is 5.69 Å². The van der Waals surface area contributed by atoms with Gasteiger partial charge in [0.25, 0.3) is 5.91 Å². The van der Waals surface area contributed by atoms with Gasteiger partial charge in [0.2, 0.25) is 0 Å². The molecule has 0 radical (unpaired) electrons. The van der Waals surface area contributed by atoms with Gasteiger partial charge in [-0.25, -0.2) is 0 Å². The first-order valence-corrected chi connectivity index (χ1v) is 9.81. The highest BCUT2D eigenvalue weighted by atomic mass is 16.5. The molecule has 1 fully saturated rings. The van der Waals surface area contributed by atoms with Crippen molar-refractivity contribution >= 4 is 11.7 Å². The second-order valence-electron chi connectivity index (χ2n) is 7.27. The Labute approximate surface area is 160 Å². The molecule has 1 aromatic carbocycles. The van der Waals surface area contributed by atoms with Crippen molar-refractivity contribution in [3.63, 3.8) is 0 Å². The Kier molecular flexibility index (Phi) is 5.23. The lowest BCUT2D eigenvalue weighted by atomic mass is 9.97. The molecule has 1 unspecified atom stereocenters. The van der Waals surface area contributed by atoms with Crippen LogP contribution < -0.4 is 9.64 Å². The number of amides is 1. The number of aromatic nitrogens is 2. The predicted molar refractivity (Wildman–Crippen MR) is 104 cm³/mol. The van der Waals surface area contributed by atoms with Crippen molar-refractivity contribution in [3.05, 3.63) is 47.7 Å². The summed E-state index contributed by atoms with van der Waals surface area (Å²) in [6.45, 7) is 4.73. The van der Waals surface area contributed by atoms with Crippen molar-refractivity contribution in [3.8, 4) is 5.75 Å². The largest absolute Gasteiger partial charge is 0.481 e. The fraction of sp³-hybridized carbons (Fsp3) is 0.476. The molecule has 2 aromatic rings. The molecule has 0 N–H and O–H groups in total. The van der Waals surface area contributed by atoms with Gasteiger partial charge < -0.3 is 14.5 Å². The maximum atomic E-state index is 12.7. The van der Waals surface area contributed by atoms with E-state index < -0.39 is 6.10 Å². The number of para-hydroxylation sites is 1. The summed E-state index contributed by atoms with van der Waals surface area (Å²) < 4.78 is 5.78. The van der Waals surface area contributed by atoms with Crippen LogP contribution in [0.2, 0.25) is 0 Å². The molecule has 1 aliphatic heterocycles. The van der Waals surface area contributed by atoms with Gasteiger partial charge in [0.15, 0.2) is 11.9 Å². The third-order valence-corrected chi connectivity index (χ3v) is 5.38. The number of fused-ring (bicyclic) bond motifs is 1. The van der Waals surface area contributed by atoms with Gasteiger partial charge in [-0.15, -0.1) is 5.10 Å². The molecule has 27 heavy (non-hydrogen) atoms. The lowest BCUT2D eigenvalue weighted by Gasteiger charge is -2.36.